The molecule has 2 aromatic carbocycles. The molecule has 0 amide bonds. The number of hydrogen-bond donors (Lipinski definition) is 2. The molecule has 194 valence electrons. The highest BCUT2D eigenvalue weighted by atomic mass is 35.5. The van der Waals surface area contributed by atoms with Crippen molar-refractivity contribution in [2.75, 3.05) is 6.61 Å². The molecule has 1 saturated heterocycles. The Morgan fingerprint density at radius 3 is 2.32 bits per heavy atom. The van der Waals surface area contributed by atoms with E-state index >= 15 is 0 Å². The largest absolute Gasteiger partial charge is 0.387 e. The van der Waals surface area contributed by atoms with Crippen LogP contribution in [-0.4, -0.2) is 54.7 Å². The number of allylic oxidation sites excluding steroid dienone is 2. The number of ether oxygens (including phenoxy) is 2. The molecule has 1 aliphatic carbocycles. The summed E-state index contributed by atoms with van der Waals surface area (Å²) < 4.78 is 14.6. The number of aliphatic hydroxyl groups is 2. The topological polar surface area (TPSA) is 103 Å². The Morgan fingerprint density at radius 1 is 0.947 bits per heavy atom. The van der Waals surface area contributed by atoms with Crippen molar-refractivity contribution in [2.24, 2.45) is 0 Å². The summed E-state index contributed by atoms with van der Waals surface area (Å²) in [5.74, 6) is 0. The van der Waals surface area contributed by atoms with Gasteiger partial charge in [0, 0.05) is 0 Å². The molecular formula is C29H27ClN4O4. The van der Waals surface area contributed by atoms with Crippen molar-refractivity contribution in [3.8, 4) is 0 Å². The van der Waals surface area contributed by atoms with Gasteiger partial charge in [0.25, 0.3) is 0 Å². The quantitative estimate of drug-likeness (QED) is 0.343. The lowest BCUT2D eigenvalue weighted by Crippen LogP contribution is -2.40. The van der Waals surface area contributed by atoms with Gasteiger partial charge in [-0.25, -0.2) is 15.0 Å². The van der Waals surface area contributed by atoms with Gasteiger partial charge in [-0.15, -0.1) is 0 Å². The van der Waals surface area contributed by atoms with Crippen LogP contribution < -0.4 is 0 Å². The second kappa shape index (κ2) is 10.4. The minimum atomic E-state index is -1.23. The highest BCUT2D eigenvalue weighted by Crippen LogP contribution is 2.43. The molecule has 38 heavy (non-hydrogen) atoms. The zero-order chi connectivity index (χ0) is 26.1. The molecule has 0 spiro atoms. The van der Waals surface area contributed by atoms with Crippen LogP contribution in [0.2, 0.25) is 5.15 Å². The molecule has 4 aromatic rings. The maximum atomic E-state index is 11.0. The molecule has 4 atom stereocenters. The second-order valence-electron chi connectivity index (χ2n) is 9.40. The van der Waals surface area contributed by atoms with Crippen LogP contribution >= 0.6 is 11.6 Å². The molecule has 2 aliphatic rings. The molecule has 1 aliphatic heterocycles. The predicted octanol–water partition coefficient (Wildman–Crippen LogP) is 4.34. The van der Waals surface area contributed by atoms with Crippen LogP contribution in [0.25, 0.3) is 11.2 Å². The zero-order valence-electron chi connectivity index (χ0n) is 20.5. The van der Waals surface area contributed by atoms with Gasteiger partial charge in [-0.2, -0.15) is 0 Å². The molecule has 6 rings (SSSR count). The van der Waals surface area contributed by atoms with E-state index < -0.39 is 30.1 Å². The Kier molecular flexibility index (Phi) is 6.82. The van der Waals surface area contributed by atoms with Gasteiger partial charge in [0.2, 0.25) is 0 Å². The molecule has 0 radical (unpaired) electrons. The van der Waals surface area contributed by atoms with Gasteiger partial charge in [0.1, 0.15) is 35.8 Å². The number of nitrogens with zero attached hydrogens (tertiary/aromatic N) is 4. The molecule has 8 nitrogen and oxygen atoms in total. The highest BCUT2D eigenvalue weighted by Gasteiger charge is 2.47. The number of fused-ring (bicyclic) bond motifs is 1. The summed E-state index contributed by atoms with van der Waals surface area (Å²) in [5, 5.41) is 22.2. The average molecular weight is 531 g/mol. The Morgan fingerprint density at radius 2 is 1.66 bits per heavy atom. The Labute approximate surface area is 224 Å². The van der Waals surface area contributed by atoms with Crippen molar-refractivity contribution >= 4 is 22.8 Å². The molecule has 9 heteroatoms. The van der Waals surface area contributed by atoms with E-state index in [0.29, 0.717) is 11.2 Å². The van der Waals surface area contributed by atoms with Gasteiger partial charge < -0.3 is 19.7 Å². The maximum absolute atomic E-state index is 11.0. The fraction of sp³-hybridized carbons (Fsp3) is 0.276. The van der Waals surface area contributed by atoms with Crippen LogP contribution in [-0.2, 0) is 15.1 Å². The van der Waals surface area contributed by atoms with Crippen LogP contribution in [0.3, 0.4) is 0 Å². The van der Waals surface area contributed by atoms with E-state index in [4.69, 9.17) is 21.1 Å². The summed E-state index contributed by atoms with van der Waals surface area (Å²) in [4.78, 5) is 12.5. The van der Waals surface area contributed by atoms with Crippen LogP contribution in [0.15, 0.2) is 97.1 Å². The van der Waals surface area contributed by atoms with Gasteiger partial charge >= 0.3 is 0 Å². The predicted molar refractivity (Wildman–Crippen MR) is 142 cm³/mol. The van der Waals surface area contributed by atoms with E-state index in [9.17, 15) is 10.2 Å². The van der Waals surface area contributed by atoms with Crippen molar-refractivity contribution in [2.45, 2.75) is 43.0 Å². The summed E-state index contributed by atoms with van der Waals surface area (Å²) >= 11 is 6.15. The first kappa shape index (κ1) is 24.9. The van der Waals surface area contributed by atoms with Crippen molar-refractivity contribution in [3.05, 3.63) is 113 Å². The SMILES string of the molecule is O[C@@H]1[C@H](O)[C@@H](COC(C2=CCCC=C2)(c2ccccc2)c2ccccc2)O[C@H]1n1cnc2c(Cl)ncnc21. The zero-order valence-corrected chi connectivity index (χ0v) is 21.2. The fourth-order valence-corrected chi connectivity index (χ4v) is 5.46. The van der Waals surface area contributed by atoms with Crippen LogP contribution in [0.5, 0.6) is 0 Å². The number of aliphatic hydroxyl groups excluding tert-OH is 2. The lowest BCUT2D eigenvalue weighted by molar-refractivity contribution is -0.0945. The van der Waals surface area contributed by atoms with Gasteiger partial charge in [0.05, 0.1) is 12.9 Å². The highest BCUT2D eigenvalue weighted by molar-refractivity contribution is 6.33. The average Bonchev–Trinajstić information content (AvgIpc) is 3.52. The van der Waals surface area contributed by atoms with Gasteiger partial charge in [-0.1, -0.05) is 90.5 Å². The second-order valence-corrected chi connectivity index (χ2v) is 9.76. The number of imidazole rings is 1. The Balaban J connectivity index is 1.35. The third-order valence-corrected chi connectivity index (χ3v) is 7.43. The number of benzene rings is 2. The van der Waals surface area contributed by atoms with Crippen molar-refractivity contribution in [1.29, 1.82) is 0 Å². The summed E-state index contributed by atoms with van der Waals surface area (Å²) in [6.07, 6.45) is 6.95. The molecule has 3 heterocycles. The fourth-order valence-electron chi connectivity index (χ4n) is 5.28. The van der Waals surface area contributed by atoms with E-state index in [-0.39, 0.29) is 11.8 Å². The third kappa shape index (κ3) is 4.24. The number of halogens is 1. The van der Waals surface area contributed by atoms with E-state index in [1.165, 1.54) is 12.7 Å². The maximum Gasteiger partial charge on any atom is 0.167 e. The standard InChI is InChI=1S/C29H27ClN4O4/c30-26-23-27(32-17-31-26)34(18-33-23)28-25(36)24(35)22(38-28)16-37-29(19-10-4-1-5-11-19,20-12-6-2-7-13-20)21-14-8-3-9-15-21/h1-2,4-8,10-15,17-18,22,24-25,28,35-36H,3,9,16H2/t22-,24-,25-,28-/m1/s1. The minimum absolute atomic E-state index is 0.0199. The van der Waals surface area contributed by atoms with Crippen LogP contribution in [0.4, 0.5) is 0 Å². The first-order chi connectivity index (χ1) is 18.6. The molecule has 1 fully saturated rings. The van der Waals surface area contributed by atoms with E-state index in [1.807, 2.05) is 60.7 Å². The molecular weight excluding hydrogens is 504 g/mol. The molecule has 2 aromatic heterocycles. The van der Waals surface area contributed by atoms with E-state index in [0.717, 1.165) is 29.5 Å². The van der Waals surface area contributed by atoms with Crippen LogP contribution in [0, 0.1) is 0 Å². The summed E-state index contributed by atoms with van der Waals surface area (Å²) in [5.41, 5.74) is 2.79. The van der Waals surface area contributed by atoms with Gasteiger partial charge in [-0.3, -0.25) is 4.57 Å². The molecule has 0 saturated carbocycles. The molecule has 0 unspecified atom stereocenters. The van der Waals surface area contributed by atoms with E-state index in [2.05, 4.69) is 33.2 Å². The minimum Gasteiger partial charge on any atom is -0.387 e. The summed E-state index contributed by atoms with van der Waals surface area (Å²) in [6, 6.07) is 20.1. The molecule has 0 bridgehead atoms. The third-order valence-electron chi connectivity index (χ3n) is 7.15. The Hall–Kier alpha value is -3.40. The van der Waals surface area contributed by atoms with Gasteiger partial charge in [-0.05, 0) is 29.5 Å². The number of rotatable bonds is 7. The summed E-state index contributed by atoms with van der Waals surface area (Å²) in [6.45, 7) is 0.0199. The lowest BCUT2D eigenvalue weighted by atomic mass is 9.78. The Bertz CT molecular complexity index is 1430. The van der Waals surface area contributed by atoms with Crippen molar-refractivity contribution < 1.29 is 19.7 Å². The number of aromatic nitrogens is 4. The summed E-state index contributed by atoms with van der Waals surface area (Å²) in [7, 11) is 0. The number of hydrogen-bond acceptors (Lipinski definition) is 7. The first-order valence-corrected chi connectivity index (χ1v) is 12.9. The van der Waals surface area contributed by atoms with Crippen molar-refractivity contribution in [3.63, 3.8) is 0 Å². The normalized spacial score (nSPS) is 23.6. The first-order valence-electron chi connectivity index (χ1n) is 12.6. The molecule has 2 N–H and O–H groups in total. The monoisotopic (exact) mass is 530 g/mol. The van der Waals surface area contributed by atoms with Crippen LogP contribution in [0.1, 0.15) is 30.2 Å². The van der Waals surface area contributed by atoms with Gasteiger partial charge in [0.15, 0.2) is 17.0 Å². The van der Waals surface area contributed by atoms with E-state index in [1.54, 1.807) is 4.57 Å². The van der Waals surface area contributed by atoms with Crippen molar-refractivity contribution in [1.82, 2.24) is 19.5 Å². The smallest absolute Gasteiger partial charge is 0.167 e. The lowest BCUT2D eigenvalue weighted by Gasteiger charge is -2.38.